The third kappa shape index (κ3) is 2.33. The van der Waals surface area contributed by atoms with Crippen LogP contribution in [0.5, 0.6) is 0 Å². The molecule has 0 unspecified atom stereocenters. The standard InChI is InChI=1S/C12H14N4O/c1-9(10-6-4-3-5-7-10)16(2)12(17)11-8-13-15-14-11/h3-9H,1-2H3,(H,13,14,15)/t9-/m0/s1. The maximum absolute atomic E-state index is 12.0. The summed E-state index contributed by atoms with van der Waals surface area (Å²) in [7, 11) is 1.76. The molecule has 0 aliphatic heterocycles. The number of rotatable bonds is 3. The van der Waals surface area contributed by atoms with Crippen LogP contribution in [0.15, 0.2) is 36.5 Å². The van der Waals surface area contributed by atoms with E-state index in [1.807, 2.05) is 37.3 Å². The first-order valence-corrected chi connectivity index (χ1v) is 5.38. The number of hydrogen-bond donors (Lipinski definition) is 1. The molecule has 0 radical (unpaired) electrons. The van der Waals surface area contributed by atoms with Crippen LogP contribution in [0.2, 0.25) is 0 Å². The maximum atomic E-state index is 12.0. The molecule has 1 amide bonds. The van der Waals surface area contributed by atoms with E-state index < -0.39 is 0 Å². The molecule has 2 aromatic rings. The molecule has 1 aromatic carbocycles. The Morgan fingerprint density at radius 3 is 2.65 bits per heavy atom. The molecule has 0 saturated heterocycles. The van der Waals surface area contributed by atoms with Crippen molar-refractivity contribution in [3.63, 3.8) is 0 Å². The fourth-order valence-electron chi connectivity index (χ4n) is 1.62. The number of H-pyrrole nitrogens is 1. The molecule has 1 aromatic heterocycles. The highest BCUT2D eigenvalue weighted by Gasteiger charge is 2.20. The van der Waals surface area contributed by atoms with Crippen LogP contribution in [-0.4, -0.2) is 33.3 Å². The zero-order valence-corrected chi connectivity index (χ0v) is 9.79. The molecule has 2 rings (SSSR count). The molecule has 5 nitrogen and oxygen atoms in total. The average molecular weight is 230 g/mol. The highest BCUT2D eigenvalue weighted by atomic mass is 16.2. The van der Waals surface area contributed by atoms with Gasteiger partial charge in [0, 0.05) is 7.05 Å². The Kier molecular flexibility index (Phi) is 3.18. The lowest BCUT2D eigenvalue weighted by Crippen LogP contribution is -2.29. The zero-order chi connectivity index (χ0) is 12.3. The molecule has 0 aliphatic carbocycles. The van der Waals surface area contributed by atoms with Crippen LogP contribution in [0.3, 0.4) is 0 Å². The number of aromatic amines is 1. The molecule has 17 heavy (non-hydrogen) atoms. The molecule has 1 N–H and O–H groups in total. The normalized spacial score (nSPS) is 12.1. The van der Waals surface area contributed by atoms with Crippen molar-refractivity contribution in [3.8, 4) is 0 Å². The Morgan fingerprint density at radius 2 is 2.06 bits per heavy atom. The van der Waals surface area contributed by atoms with Crippen LogP contribution in [-0.2, 0) is 0 Å². The van der Waals surface area contributed by atoms with E-state index >= 15 is 0 Å². The predicted molar refractivity (Wildman–Crippen MR) is 63.3 cm³/mol. The van der Waals surface area contributed by atoms with Crippen molar-refractivity contribution >= 4 is 5.91 Å². The molecular weight excluding hydrogens is 216 g/mol. The summed E-state index contributed by atoms with van der Waals surface area (Å²) in [5.74, 6) is -0.143. The van der Waals surface area contributed by atoms with Crippen LogP contribution in [0.4, 0.5) is 0 Å². The molecule has 1 heterocycles. The first kappa shape index (κ1) is 11.3. The molecule has 0 fully saturated rings. The Bertz CT molecular complexity index is 480. The lowest BCUT2D eigenvalue weighted by atomic mass is 10.1. The molecule has 88 valence electrons. The largest absolute Gasteiger partial charge is 0.334 e. The van der Waals surface area contributed by atoms with Crippen molar-refractivity contribution in [2.75, 3.05) is 7.05 Å². The van der Waals surface area contributed by atoms with Crippen molar-refractivity contribution in [3.05, 3.63) is 47.8 Å². The van der Waals surface area contributed by atoms with Gasteiger partial charge in [0.1, 0.15) is 0 Å². The Morgan fingerprint density at radius 1 is 1.35 bits per heavy atom. The van der Waals surface area contributed by atoms with Crippen molar-refractivity contribution in [1.29, 1.82) is 0 Å². The Hall–Kier alpha value is -2.17. The fraction of sp³-hybridized carbons (Fsp3) is 0.250. The third-order valence-electron chi connectivity index (χ3n) is 2.82. The first-order chi connectivity index (χ1) is 8.20. The molecule has 0 aliphatic rings. The second-order valence-corrected chi connectivity index (χ2v) is 3.86. The van der Waals surface area contributed by atoms with Gasteiger partial charge in [-0.2, -0.15) is 15.4 Å². The highest BCUT2D eigenvalue weighted by molar-refractivity contribution is 5.91. The van der Waals surface area contributed by atoms with Crippen LogP contribution < -0.4 is 0 Å². The summed E-state index contributed by atoms with van der Waals surface area (Å²) in [6, 6.07) is 9.87. The van der Waals surface area contributed by atoms with Crippen LogP contribution in [0, 0.1) is 0 Å². The number of carbonyl (C=O) groups excluding carboxylic acids is 1. The maximum Gasteiger partial charge on any atom is 0.276 e. The smallest absolute Gasteiger partial charge is 0.276 e. The monoisotopic (exact) mass is 230 g/mol. The number of amides is 1. The van der Waals surface area contributed by atoms with Gasteiger partial charge < -0.3 is 4.90 Å². The number of hydrogen-bond acceptors (Lipinski definition) is 3. The predicted octanol–water partition coefficient (Wildman–Crippen LogP) is 1.64. The van der Waals surface area contributed by atoms with Crippen molar-refractivity contribution in [2.45, 2.75) is 13.0 Å². The second-order valence-electron chi connectivity index (χ2n) is 3.86. The van der Waals surface area contributed by atoms with E-state index in [9.17, 15) is 4.79 Å². The van der Waals surface area contributed by atoms with Crippen LogP contribution in [0.25, 0.3) is 0 Å². The summed E-state index contributed by atoms with van der Waals surface area (Å²) >= 11 is 0. The second kappa shape index (κ2) is 4.78. The van der Waals surface area contributed by atoms with Gasteiger partial charge >= 0.3 is 0 Å². The lowest BCUT2D eigenvalue weighted by molar-refractivity contribution is 0.0736. The molecule has 0 spiro atoms. The summed E-state index contributed by atoms with van der Waals surface area (Å²) < 4.78 is 0. The molecular formula is C12H14N4O. The van der Waals surface area contributed by atoms with Gasteiger partial charge in [-0.15, -0.1) is 0 Å². The fourth-order valence-corrected chi connectivity index (χ4v) is 1.62. The lowest BCUT2D eigenvalue weighted by Gasteiger charge is -2.24. The summed E-state index contributed by atoms with van der Waals surface area (Å²) in [4.78, 5) is 13.7. The van der Waals surface area contributed by atoms with Gasteiger partial charge in [-0.05, 0) is 12.5 Å². The molecule has 0 bridgehead atoms. The Labute approximate surface area is 99.5 Å². The van der Waals surface area contributed by atoms with Crippen LogP contribution >= 0.6 is 0 Å². The number of benzene rings is 1. The highest BCUT2D eigenvalue weighted by Crippen LogP contribution is 2.19. The van der Waals surface area contributed by atoms with Gasteiger partial charge in [0.25, 0.3) is 5.91 Å². The average Bonchev–Trinajstić information content (AvgIpc) is 2.91. The van der Waals surface area contributed by atoms with Gasteiger partial charge in [0.2, 0.25) is 0 Å². The van der Waals surface area contributed by atoms with E-state index in [0.29, 0.717) is 5.69 Å². The van der Waals surface area contributed by atoms with E-state index in [-0.39, 0.29) is 11.9 Å². The number of nitrogens with zero attached hydrogens (tertiary/aromatic N) is 3. The van der Waals surface area contributed by atoms with Crippen molar-refractivity contribution < 1.29 is 4.79 Å². The van der Waals surface area contributed by atoms with E-state index in [1.165, 1.54) is 6.20 Å². The van der Waals surface area contributed by atoms with E-state index in [0.717, 1.165) is 5.56 Å². The minimum Gasteiger partial charge on any atom is -0.334 e. The van der Waals surface area contributed by atoms with Gasteiger partial charge in [-0.1, -0.05) is 30.3 Å². The summed E-state index contributed by atoms with van der Waals surface area (Å²) in [6.45, 7) is 1.98. The van der Waals surface area contributed by atoms with Gasteiger partial charge in [-0.3, -0.25) is 4.79 Å². The van der Waals surface area contributed by atoms with Crippen LogP contribution in [0.1, 0.15) is 29.0 Å². The number of nitrogens with one attached hydrogen (secondary N) is 1. The molecule has 0 saturated carbocycles. The van der Waals surface area contributed by atoms with Gasteiger partial charge in [0.15, 0.2) is 5.69 Å². The van der Waals surface area contributed by atoms with Gasteiger partial charge in [-0.25, -0.2) is 0 Å². The topological polar surface area (TPSA) is 61.9 Å². The van der Waals surface area contributed by atoms with E-state index in [2.05, 4.69) is 15.4 Å². The summed E-state index contributed by atoms with van der Waals surface area (Å²) in [5, 5.41) is 9.86. The van der Waals surface area contributed by atoms with Crippen molar-refractivity contribution in [2.24, 2.45) is 0 Å². The first-order valence-electron chi connectivity index (χ1n) is 5.38. The third-order valence-corrected chi connectivity index (χ3v) is 2.82. The number of aromatic nitrogens is 3. The minimum absolute atomic E-state index is 0.000370. The summed E-state index contributed by atoms with van der Waals surface area (Å²) in [6.07, 6.45) is 1.43. The zero-order valence-electron chi connectivity index (χ0n) is 9.79. The van der Waals surface area contributed by atoms with E-state index in [4.69, 9.17) is 0 Å². The Balaban J connectivity index is 2.15. The SMILES string of the molecule is C[C@@H](c1ccccc1)N(C)C(=O)c1cn[nH]n1. The molecule has 5 heteroatoms. The summed E-state index contributed by atoms with van der Waals surface area (Å²) in [5.41, 5.74) is 1.42. The molecule has 1 atom stereocenters. The van der Waals surface area contributed by atoms with Crippen molar-refractivity contribution in [1.82, 2.24) is 20.3 Å². The van der Waals surface area contributed by atoms with Gasteiger partial charge in [0.05, 0.1) is 12.2 Å². The minimum atomic E-state index is -0.143. The van der Waals surface area contributed by atoms with E-state index in [1.54, 1.807) is 11.9 Å². The quantitative estimate of drug-likeness (QED) is 0.871. The number of carbonyl (C=O) groups is 1.